The van der Waals surface area contributed by atoms with E-state index in [1.807, 2.05) is 43.6 Å². The molecule has 1 atom stereocenters. The molecule has 2 aromatic rings. The van der Waals surface area contributed by atoms with Crippen LogP contribution in [-0.2, 0) is 17.4 Å². The van der Waals surface area contributed by atoms with E-state index in [2.05, 4.69) is 10.4 Å². The van der Waals surface area contributed by atoms with Crippen LogP contribution >= 0.6 is 11.8 Å². The van der Waals surface area contributed by atoms with Crippen molar-refractivity contribution in [2.75, 3.05) is 12.8 Å². The molecule has 0 bridgehead atoms. The molecule has 0 saturated heterocycles. The lowest BCUT2D eigenvalue weighted by atomic mass is 9.91. The third kappa shape index (κ3) is 2.86. The number of aromatic nitrogens is 2. The lowest BCUT2D eigenvalue weighted by molar-refractivity contribution is -0.123. The summed E-state index contributed by atoms with van der Waals surface area (Å²) >= 11 is 1.55. The maximum absolute atomic E-state index is 12.0. The van der Waals surface area contributed by atoms with E-state index in [1.54, 1.807) is 29.7 Å². The second-order valence-corrected chi connectivity index (χ2v) is 5.57. The molecule has 106 valence electrons. The van der Waals surface area contributed by atoms with Gasteiger partial charge in [0.25, 0.3) is 0 Å². The van der Waals surface area contributed by atoms with Crippen molar-refractivity contribution in [3.8, 4) is 0 Å². The van der Waals surface area contributed by atoms with Gasteiger partial charge in [-0.15, -0.1) is 11.8 Å². The minimum Gasteiger partial charge on any atom is -0.368 e. The first-order valence-electron chi connectivity index (χ1n) is 6.24. The highest BCUT2D eigenvalue weighted by atomic mass is 32.2. The van der Waals surface area contributed by atoms with Gasteiger partial charge in [0.2, 0.25) is 5.91 Å². The van der Waals surface area contributed by atoms with Crippen LogP contribution in [0.3, 0.4) is 0 Å². The molecule has 0 saturated carbocycles. The van der Waals surface area contributed by atoms with Crippen LogP contribution in [0.4, 0.5) is 0 Å². The molecule has 1 aromatic carbocycles. The molecule has 1 unspecified atom stereocenters. The van der Waals surface area contributed by atoms with Crippen LogP contribution in [-0.4, -0.2) is 28.5 Å². The van der Waals surface area contributed by atoms with E-state index in [4.69, 9.17) is 5.73 Å². The fraction of sp³-hybridized carbons (Fsp3) is 0.286. The van der Waals surface area contributed by atoms with Gasteiger partial charge in [-0.2, -0.15) is 5.10 Å². The molecule has 0 radical (unpaired) electrons. The number of hydrogen-bond donors (Lipinski definition) is 2. The Balaban J connectivity index is 2.26. The Morgan fingerprint density at radius 2 is 2.15 bits per heavy atom. The summed E-state index contributed by atoms with van der Waals surface area (Å²) in [6.45, 7) is 0. The van der Waals surface area contributed by atoms with Crippen LogP contribution in [0.1, 0.15) is 5.56 Å². The number of benzene rings is 1. The quantitative estimate of drug-likeness (QED) is 0.782. The first-order chi connectivity index (χ1) is 9.58. The Morgan fingerprint density at radius 3 is 2.65 bits per heavy atom. The van der Waals surface area contributed by atoms with Crippen LogP contribution in [0, 0.1) is 0 Å². The lowest BCUT2D eigenvalue weighted by Crippen LogP contribution is -2.53. The minimum atomic E-state index is -0.887. The number of nitrogens with zero attached hydrogens (tertiary/aromatic N) is 2. The van der Waals surface area contributed by atoms with Gasteiger partial charge in [0, 0.05) is 23.9 Å². The van der Waals surface area contributed by atoms with Crippen molar-refractivity contribution in [2.45, 2.75) is 10.4 Å². The largest absolute Gasteiger partial charge is 0.368 e. The van der Waals surface area contributed by atoms with Gasteiger partial charge < -0.3 is 11.1 Å². The summed E-state index contributed by atoms with van der Waals surface area (Å²) in [6, 6.07) is 9.54. The number of carbonyl (C=O) groups is 1. The van der Waals surface area contributed by atoms with Gasteiger partial charge in [0.15, 0.2) is 0 Å². The number of rotatable bonds is 6. The van der Waals surface area contributed by atoms with Gasteiger partial charge in [0.1, 0.15) is 5.54 Å². The number of aryl methyl sites for hydroxylation is 1. The van der Waals surface area contributed by atoms with Gasteiger partial charge in [-0.3, -0.25) is 9.48 Å². The van der Waals surface area contributed by atoms with Crippen molar-refractivity contribution >= 4 is 17.7 Å². The highest BCUT2D eigenvalue weighted by molar-refractivity contribution is 7.99. The standard InChI is InChI=1S/C14H18N4OS/c1-16-14(13(15)19,11-6-4-3-5-7-11)10-20-12-8-17-18(2)9-12/h3-9,16H,10H2,1-2H3,(H2,15,19). The second kappa shape index (κ2) is 6.11. The zero-order valence-electron chi connectivity index (χ0n) is 11.5. The number of primary amides is 1. The van der Waals surface area contributed by atoms with E-state index in [0.29, 0.717) is 5.75 Å². The minimum absolute atomic E-state index is 0.386. The number of nitrogens with one attached hydrogen (secondary N) is 1. The first-order valence-corrected chi connectivity index (χ1v) is 7.23. The normalized spacial score (nSPS) is 13.9. The smallest absolute Gasteiger partial charge is 0.243 e. The van der Waals surface area contributed by atoms with E-state index >= 15 is 0 Å². The molecule has 0 aliphatic carbocycles. The number of hydrogen-bond acceptors (Lipinski definition) is 4. The van der Waals surface area contributed by atoms with E-state index in [9.17, 15) is 4.79 Å². The summed E-state index contributed by atoms with van der Waals surface area (Å²) in [4.78, 5) is 13.0. The van der Waals surface area contributed by atoms with Crippen molar-refractivity contribution in [3.63, 3.8) is 0 Å². The Labute approximate surface area is 122 Å². The van der Waals surface area contributed by atoms with Crippen molar-refractivity contribution in [2.24, 2.45) is 12.8 Å². The van der Waals surface area contributed by atoms with E-state index < -0.39 is 5.54 Å². The van der Waals surface area contributed by atoms with E-state index in [0.717, 1.165) is 10.5 Å². The average molecular weight is 290 g/mol. The molecule has 20 heavy (non-hydrogen) atoms. The number of thioether (sulfide) groups is 1. The molecule has 1 aromatic heterocycles. The summed E-state index contributed by atoms with van der Waals surface area (Å²) in [7, 11) is 3.61. The number of amides is 1. The average Bonchev–Trinajstić information content (AvgIpc) is 2.87. The van der Waals surface area contributed by atoms with Crippen molar-refractivity contribution in [1.82, 2.24) is 15.1 Å². The van der Waals surface area contributed by atoms with Crippen molar-refractivity contribution < 1.29 is 4.79 Å². The number of likely N-dealkylation sites (N-methyl/N-ethyl adjacent to an activating group) is 1. The molecular formula is C14H18N4OS. The Kier molecular flexibility index (Phi) is 4.46. The third-order valence-corrected chi connectivity index (χ3v) is 4.37. The van der Waals surface area contributed by atoms with Gasteiger partial charge in [-0.1, -0.05) is 30.3 Å². The predicted octanol–water partition coefficient (Wildman–Crippen LogP) is 1.11. The molecule has 0 aliphatic rings. The lowest BCUT2D eigenvalue weighted by Gasteiger charge is -2.30. The van der Waals surface area contributed by atoms with Gasteiger partial charge in [0.05, 0.1) is 6.20 Å². The topological polar surface area (TPSA) is 72.9 Å². The molecule has 1 amide bonds. The Bertz CT molecular complexity index is 584. The second-order valence-electron chi connectivity index (χ2n) is 4.52. The first kappa shape index (κ1) is 14.6. The Hall–Kier alpha value is -1.79. The summed E-state index contributed by atoms with van der Waals surface area (Å²) in [5.41, 5.74) is 5.63. The molecule has 0 spiro atoms. The fourth-order valence-corrected chi connectivity index (χ4v) is 3.21. The van der Waals surface area contributed by atoms with E-state index in [-0.39, 0.29) is 5.91 Å². The maximum Gasteiger partial charge on any atom is 0.243 e. The highest BCUT2D eigenvalue weighted by Crippen LogP contribution is 2.29. The predicted molar refractivity (Wildman–Crippen MR) is 80.3 cm³/mol. The fourth-order valence-electron chi connectivity index (χ4n) is 2.02. The van der Waals surface area contributed by atoms with Crippen LogP contribution in [0.5, 0.6) is 0 Å². The molecule has 0 fully saturated rings. The van der Waals surface area contributed by atoms with Crippen LogP contribution in [0.2, 0.25) is 0 Å². The van der Waals surface area contributed by atoms with Crippen LogP contribution in [0.25, 0.3) is 0 Å². The highest BCUT2D eigenvalue weighted by Gasteiger charge is 2.37. The summed E-state index contributed by atoms with van der Waals surface area (Å²) in [6.07, 6.45) is 3.69. The Morgan fingerprint density at radius 1 is 1.45 bits per heavy atom. The molecule has 5 nitrogen and oxygen atoms in total. The summed E-state index contributed by atoms with van der Waals surface area (Å²) in [5.74, 6) is 0.122. The van der Waals surface area contributed by atoms with Crippen LogP contribution < -0.4 is 11.1 Å². The number of nitrogens with two attached hydrogens (primary N) is 1. The van der Waals surface area contributed by atoms with Crippen LogP contribution in [0.15, 0.2) is 47.6 Å². The van der Waals surface area contributed by atoms with E-state index in [1.165, 1.54) is 0 Å². The van der Waals surface area contributed by atoms with Crippen molar-refractivity contribution in [1.29, 1.82) is 0 Å². The molecule has 0 aliphatic heterocycles. The zero-order valence-corrected chi connectivity index (χ0v) is 12.4. The van der Waals surface area contributed by atoms with Crippen molar-refractivity contribution in [3.05, 3.63) is 48.3 Å². The molecular weight excluding hydrogens is 272 g/mol. The maximum atomic E-state index is 12.0. The summed E-state index contributed by atoms with van der Waals surface area (Å²) in [5, 5.41) is 7.21. The van der Waals surface area contributed by atoms with Gasteiger partial charge >= 0.3 is 0 Å². The third-order valence-electron chi connectivity index (χ3n) is 3.25. The molecule has 2 rings (SSSR count). The van der Waals surface area contributed by atoms with Gasteiger partial charge in [-0.25, -0.2) is 0 Å². The number of carbonyl (C=O) groups excluding carboxylic acids is 1. The SMILES string of the molecule is CNC(CSc1cnn(C)c1)(C(N)=O)c1ccccc1. The zero-order chi connectivity index (χ0) is 14.6. The molecule has 1 heterocycles. The summed E-state index contributed by atoms with van der Waals surface area (Å²) < 4.78 is 1.73. The molecule has 3 N–H and O–H groups in total. The molecule has 6 heteroatoms. The van der Waals surface area contributed by atoms with Gasteiger partial charge in [-0.05, 0) is 12.6 Å². The monoisotopic (exact) mass is 290 g/mol.